The Morgan fingerprint density at radius 1 is 1.24 bits per heavy atom. The van der Waals surface area contributed by atoms with Crippen molar-refractivity contribution in [2.45, 2.75) is 70.3 Å². The Labute approximate surface area is 200 Å². The number of carbonyl (C=O) groups excluding carboxylic acids is 2. The van der Waals surface area contributed by atoms with Crippen molar-refractivity contribution in [3.05, 3.63) is 23.5 Å². The molecule has 2 aromatic rings. The Hall–Kier alpha value is -2.77. The molecule has 1 aromatic heterocycles. The van der Waals surface area contributed by atoms with Gasteiger partial charge in [-0.1, -0.05) is 19.8 Å². The van der Waals surface area contributed by atoms with Crippen LogP contribution in [0.15, 0.2) is 12.1 Å². The van der Waals surface area contributed by atoms with E-state index in [1.54, 1.807) is 18.1 Å². The molecule has 2 heterocycles. The van der Waals surface area contributed by atoms with Gasteiger partial charge >= 0.3 is 6.09 Å². The fourth-order valence-corrected chi connectivity index (χ4v) is 6.11. The number of piperidine rings is 1. The van der Waals surface area contributed by atoms with E-state index in [1.165, 1.54) is 25.7 Å². The standard InChI is InChI=1S/C26H36N4O4/c1-3-4-12-34-26(32)30-11-5-6-18(15-30)27-25(31)19-9-10-21(33-2)23-22(19)28-24(29-23)20-14-16-7-8-17(20)13-16/h9-10,16-18,20H,3-8,11-15H2,1-2H3,(H,27,31)(H,28,29). The molecule has 1 aromatic carbocycles. The molecule has 8 nitrogen and oxygen atoms in total. The number of ether oxygens (including phenoxy) is 2. The van der Waals surface area contributed by atoms with Crippen LogP contribution in [-0.2, 0) is 4.74 Å². The molecular weight excluding hydrogens is 432 g/mol. The largest absolute Gasteiger partial charge is 0.494 e. The molecule has 8 heteroatoms. The number of benzene rings is 1. The van der Waals surface area contributed by atoms with Crippen LogP contribution in [0.3, 0.4) is 0 Å². The number of hydrogen-bond donors (Lipinski definition) is 2. The van der Waals surface area contributed by atoms with E-state index >= 15 is 0 Å². The van der Waals surface area contributed by atoms with Gasteiger partial charge in [0.25, 0.3) is 5.91 Å². The van der Waals surface area contributed by atoms with E-state index in [2.05, 4.69) is 17.2 Å². The van der Waals surface area contributed by atoms with Gasteiger partial charge in [-0.2, -0.15) is 0 Å². The zero-order chi connectivity index (χ0) is 23.7. The third-order valence-electron chi connectivity index (χ3n) is 7.92. The van der Waals surface area contributed by atoms with Gasteiger partial charge in [-0.15, -0.1) is 0 Å². The van der Waals surface area contributed by atoms with Crippen molar-refractivity contribution in [1.82, 2.24) is 20.2 Å². The molecule has 2 amide bonds. The van der Waals surface area contributed by atoms with Gasteiger partial charge < -0.3 is 24.7 Å². The van der Waals surface area contributed by atoms with Crippen LogP contribution in [0.4, 0.5) is 4.79 Å². The van der Waals surface area contributed by atoms with E-state index in [9.17, 15) is 9.59 Å². The smallest absolute Gasteiger partial charge is 0.409 e. The number of fused-ring (bicyclic) bond motifs is 3. The first-order chi connectivity index (χ1) is 16.6. The lowest BCUT2D eigenvalue weighted by Gasteiger charge is -2.32. The molecule has 4 atom stereocenters. The lowest BCUT2D eigenvalue weighted by atomic mass is 9.88. The van der Waals surface area contributed by atoms with E-state index < -0.39 is 0 Å². The maximum Gasteiger partial charge on any atom is 0.409 e. The Balaban J connectivity index is 1.31. The molecule has 4 unspecified atom stereocenters. The van der Waals surface area contributed by atoms with Gasteiger partial charge in [0.05, 0.1) is 19.3 Å². The monoisotopic (exact) mass is 468 g/mol. The highest BCUT2D eigenvalue weighted by Crippen LogP contribution is 2.52. The highest BCUT2D eigenvalue weighted by Gasteiger charge is 2.42. The van der Waals surface area contributed by atoms with Crippen LogP contribution < -0.4 is 10.1 Å². The van der Waals surface area contributed by atoms with Gasteiger partial charge in [-0.25, -0.2) is 9.78 Å². The number of aromatic nitrogens is 2. The van der Waals surface area contributed by atoms with Crippen LogP contribution in [-0.4, -0.2) is 59.7 Å². The van der Waals surface area contributed by atoms with Crippen molar-refractivity contribution in [1.29, 1.82) is 0 Å². The molecule has 2 bridgehead atoms. The van der Waals surface area contributed by atoms with Crippen molar-refractivity contribution < 1.29 is 19.1 Å². The summed E-state index contributed by atoms with van der Waals surface area (Å²) in [5, 5.41) is 3.14. The number of nitrogens with one attached hydrogen (secondary N) is 2. The van der Waals surface area contributed by atoms with Gasteiger partial charge in [0.15, 0.2) is 0 Å². The van der Waals surface area contributed by atoms with Gasteiger partial charge in [-0.3, -0.25) is 4.79 Å². The predicted molar refractivity (Wildman–Crippen MR) is 129 cm³/mol. The van der Waals surface area contributed by atoms with Gasteiger partial charge in [0.1, 0.15) is 22.6 Å². The number of methoxy groups -OCH3 is 1. The maximum atomic E-state index is 13.3. The molecule has 34 heavy (non-hydrogen) atoms. The quantitative estimate of drug-likeness (QED) is 0.579. The number of likely N-dealkylation sites (tertiary alicyclic amines) is 1. The van der Waals surface area contributed by atoms with Crippen LogP contribution >= 0.6 is 0 Å². The number of nitrogens with zero attached hydrogens (tertiary/aromatic N) is 2. The average molecular weight is 469 g/mol. The molecule has 1 saturated heterocycles. The van der Waals surface area contributed by atoms with Crippen LogP contribution in [0.25, 0.3) is 11.0 Å². The molecular formula is C26H36N4O4. The number of unbranched alkanes of at least 4 members (excludes halogenated alkanes) is 1. The average Bonchev–Trinajstić information content (AvgIpc) is 3.59. The minimum Gasteiger partial charge on any atom is -0.494 e. The van der Waals surface area contributed by atoms with Crippen molar-refractivity contribution in [3.8, 4) is 5.75 Å². The second-order valence-corrected chi connectivity index (χ2v) is 10.2. The number of aromatic amines is 1. The first-order valence-corrected chi connectivity index (χ1v) is 12.9. The summed E-state index contributed by atoms with van der Waals surface area (Å²) in [7, 11) is 1.64. The second kappa shape index (κ2) is 9.84. The fraction of sp³-hybridized carbons (Fsp3) is 0.654. The number of amides is 2. The predicted octanol–water partition coefficient (Wildman–Crippen LogP) is 4.61. The highest BCUT2D eigenvalue weighted by molar-refractivity contribution is 6.06. The van der Waals surface area contributed by atoms with Gasteiger partial charge in [0.2, 0.25) is 0 Å². The third kappa shape index (κ3) is 4.46. The highest BCUT2D eigenvalue weighted by atomic mass is 16.6. The summed E-state index contributed by atoms with van der Waals surface area (Å²) < 4.78 is 10.9. The summed E-state index contributed by atoms with van der Waals surface area (Å²) in [4.78, 5) is 35.8. The topological polar surface area (TPSA) is 96.5 Å². The number of imidazole rings is 1. The fourth-order valence-electron chi connectivity index (χ4n) is 6.11. The first-order valence-electron chi connectivity index (χ1n) is 12.9. The van der Waals surface area contributed by atoms with Crippen LogP contribution in [0.2, 0.25) is 0 Å². The van der Waals surface area contributed by atoms with E-state index in [1.807, 2.05) is 6.07 Å². The number of H-pyrrole nitrogens is 1. The first kappa shape index (κ1) is 23.0. The summed E-state index contributed by atoms with van der Waals surface area (Å²) in [5.74, 6) is 3.48. The lowest BCUT2D eigenvalue weighted by Crippen LogP contribution is -2.49. The van der Waals surface area contributed by atoms with E-state index in [0.29, 0.717) is 48.4 Å². The molecule has 2 saturated carbocycles. The van der Waals surface area contributed by atoms with Crippen LogP contribution in [0.5, 0.6) is 5.75 Å². The third-order valence-corrected chi connectivity index (χ3v) is 7.92. The summed E-state index contributed by atoms with van der Waals surface area (Å²) in [6.45, 7) is 3.64. The zero-order valence-electron chi connectivity index (χ0n) is 20.3. The molecule has 3 fully saturated rings. The summed E-state index contributed by atoms with van der Waals surface area (Å²) in [6, 6.07) is 3.51. The molecule has 3 aliphatic rings. The number of carbonyl (C=O) groups is 2. The summed E-state index contributed by atoms with van der Waals surface area (Å²) in [6.07, 6.45) is 8.32. The molecule has 1 aliphatic heterocycles. The summed E-state index contributed by atoms with van der Waals surface area (Å²) in [5.41, 5.74) is 2.00. The molecule has 0 radical (unpaired) electrons. The Kier molecular flexibility index (Phi) is 6.66. The minimum atomic E-state index is -0.290. The minimum absolute atomic E-state index is 0.110. The van der Waals surface area contributed by atoms with Crippen molar-refractivity contribution >= 4 is 23.0 Å². The Morgan fingerprint density at radius 3 is 2.85 bits per heavy atom. The molecule has 0 spiro atoms. The molecule has 2 aliphatic carbocycles. The number of hydrogen-bond acceptors (Lipinski definition) is 5. The molecule has 184 valence electrons. The molecule has 2 N–H and O–H groups in total. The van der Waals surface area contributed by atoms with E-state index in [4.69, 9.17) is 14.5 Å². The number of rotatable bonds is 7. The van der Waals surface area contributed by atoms with Gasteiger partial charge in [0, 0.05) is 25.0 Å². The van der Waals surface area contributed by atoms with E-state index in [-0.39, 0.29) is 18.0 Å². The van der Waals surface area contributed by atoms with Crippen LogP contribution in [0.1, 0.15) is 80.4 Å². The van der Waals surface area contributed by atoms with Crippen LogP contribution in [0, 0.1) is 11.8 Å². The van der Waals surface area contributed by atoms with Crippen molar-refractivity contribution in [2.24, 2.45) is 11.8 Å². The Morgan fingerprint density at radius 2 is 2.12 bits per heavy atom. The van der Waals surface area contributed by atoms with Crippen molar-refractivity contribution in [3.63, 3.8) is 0 Å². The maximum absolute atomic E-state index is 13.3. The van der Waals surface area contributed by atoms with Crippen molar-refractivity contribution in [2.75, 3.05) is 26.8 Å². The summed E-state index contributed by atoms with van der Waals surface area (Å²) >= 11 is 0. The zero-order valence-corrected chi connectivity index (χ0v) is 20.3. The SMILES string of the molecule is CCCCOC(=O)N1CCCC(NC(=O)c2ccc(OC)c3[nH]c(C4CC5CCC4C5)nc23)C1. The second-order valence-electron chi connectivity index (χ2n) is 10.2. The lowest BCUT2D eigenvalue weighted by molar-refractivity contribution is 0.0797. The van der Waals surface area contributed by atoms with Gasteiger partial charge in [-0.05, 0) is 62.5 Å². The molecule has 5 rings (SSSR count). The Bertz CT molecular complexity index is 1050. The van der Waals surface area contributed by atoms with E-state index in [0.717, 1.165) is 42.9 Å². The normalized spacial score (nSPS) is 26.1.